The third-order valence-electron chi connectivity index (χ3n) is 1.48. The summed E-state index contributed by atoms with van der Waals surface area (Å²) in [5.41, 5.74) is 5.38. The van der Waals surface area contributed by atoms with Gasteiger partial charge in [0.2, 0.25) is 0 Å². The van der Waals surface area contributed by atoms with Crippen LogP contribution in [-0.2, 0) is 0 Å². The summed E-state index contributed by atoms with van der Waals surface area (Å²) in [6.45, 7) is 0.808. The van der Waals surface area contributed by atoms with Gasteiger partial charge < -0.3 is 11.1 Å². The Morgan fingerprint density at radius 3 is 2.92 bits per heavy atom. The largest absolute Gasteiger partial charge is 0.382 e. The summed E-state index contributed by atoms with van der Waals surface area (Å²) in [4.78, 5) is 7.92. The van der Waals surface area contributed by atoms with Crippen LogP contribution in [-0.4, -0.2) is 16.5 Å². The molecule has 0 unspecified atom stereocenters. The quantitative estimate of drug-likeness (QED) is 0.528. The van der Waals surface area contributed by atoms with Gasteiger partial charge in [0.25, 0.3) is 0 Å². The zero-order valence-electron chi connectivity index (χ0n) is 7.33. The molecule has 0 fully saturated rings. The number of terminal acetylenes is 1. The molecule has 1 aromatic rings. The second-order valence-electron chi connectivity index (χ2n) is 2.56. The molecule has 0 aliphatic carbocycles. The van der Waals surface area contributed by atoms with Crippen molar-refractivity contribution in [2.24, 2.45) is 0 Å². The standard InChI is InChI=1S/C9H12N4/c1-2-3-4-5-11-9-7-12-8(10)6-13-9/h1,6-7H,3-5H2,(H2,10,12)(H,11,13). The molecule has 0 aromatic carbocycles. The molecule has 1 rings (SSSR count). The molecule has 0 aliphatic rings. The van der Waals surface area contributed by atoms with Gasteiger partial charge in [-0.05, 0) is 6.42 Å². The summed E-state index contributed by atoms with van der Waals surface area (Å²) in [6, 6.07) is 0. The van der Waals surface area contributed by atoms with Gasteiger partial charge >= 0.3 is 0 Å². The first-order valence-electron chi connectivity index (χ1n) is 4.08. The van der Waals surface area contributed by atoms with E-state index in [9.17, 15) is 0 Å². The summed E-state index contributed by atoms with van der Waals surface area (Å²) in [7, 11) is 0. The first-order chi connectivity index (χ1) is 6.33. The topological polar surface area (TPSA) is 63.8 Å². The smallest absolute Gasteiger partial charge is 0.144 e. The SMILES string of the molecule is C#CCCCNc1cnc(N)cn1. The molecule has 0 aliphatic heterocycles. The fourth-order valence-corrected chi connectivity index (χ4v) is 0.836. The van der Waals surface area contributed by atoms with Crippen LogP contribution in [0.2, 0.25) is 0 Å². The molecule has 0 atom stereocenters. The summed E-state index contributed by atoms with van der Waals surface area (Å²) >= 11 is 0. The average Bonchev–Trinajstić information content (AvgIpc) is 2.15. The minimum atomic E-state index is 0.425. The van der Waals surface area contributed by atoms with Crippen LogP contribution >= 0.6 is 0 Å². The minimum absolute atomic E-state index is 0.425. The lowest BCUT2D eigenvalue weighted by atomic mass is 10.3. The Morgan fingerprint density at radius 2 is 2.31 bits per heavy atom. The van der Waals surface area contributed by atoms with E-state index in [2.05, 4.69) is 21.2 Å². The first-order valence-corrected chi connectivity index (χ1v) is 4.08. The second-order valence-corrected chi connectivity index (χ2v) is 2.56. The molecule has 0 bridgehead atoms. The molecule has 4 nitrogen and oxygen atoms in total. The molecular formula is C9H12N4. The Hall–Kier alpha value is -1.76. The van der Waals surface area contributed by atoms with E-state index in [0.717, 1.165) is 25.2 Å². The van der Waals surface area contributed by atoms with Crippen molar-refractivity contribution in [1.29, 1.82) is 0 Å². The molecule has 68 valence electrons. The van der Waals surface area contributed by atoms with Crippen LogP contribution in [0.1, 0.15) is 12.8 Å². The molecule has 1 heterocycles. The van der Waals surface area contributed by atoms with Crippen molar-refractivity contribution < 1.29 is 0 Å². The van der Waals surface area contributed by atoms with E-state index in [1.165, 1.54) is 6.20 Å². The number of hydrogen-bond donors (Lipinski definition) is 2. The van der Waals surface area contributed by atoms with Crippen molar-refractivity contribution in [3.8, 4) is 12.3 Å². The summed E-state index contributed by atoms with van der Waals surface area (Å²) < 4.78 is 0. The molecule has 0 spiro atoms. The lowest BCUT2D eigenvalue weighted by Gasteiger charge is -2.02. The lowest BCUT2D eigenvalue weighted by Crippen LogP contribution is -2.03. The number of nitrogens with two attached hydrogens (primary N) is 1. The summed E-state index contributed by atoms with van der Waals surface area (Å²) in [6.07, 6.45) is 9.93. The van der Waals surface area contributed by atoms with Gasteiger partial charge in [-0.3, -0.25) is 0 Å². The van der Waals surface area contributed by atoms with E-state index in [0.29, 0.717) is 5.82 Å². The molecular weight excluding hydrogens is 164 g/mol. The van der Waals surface area contributed by atoms with Gasteiger partial charge in [0.1, 0.15) is 11.6 Å². The van der Waals surface area contributed by atoms with Gasteiger partial charge in [-0.1, -0.05) is 0 Å². The maximum atomic E-state index is 5.38. The second kappa shape index (κ2) is 4.99. The predicted octanol–water partition coefficient (Wildman–Crippen LogP) is 0.884. The average molecular weight is 176 g/mol. The number of nitrogens with zero attached hydrogens (tertiary/aromatic N) is 2. The van der Waals surface area contributed by atoms with Gasteiger partial charge in [-0.15, -0.1) is 12.3 Å². The zero-order valence-corrected chi connectivity index (χ0v) is 7.33. The summed E-state index contributed by atoms with van der Waals surface area (Å²) in [5.74, 6) is 3.72. The Kier molecular flexibility index (Phi) is 3.58. The number of unbranched alkanes of at least 4 members (excludes halogenated alkanes) is 1. The van der Waals surface area contributed by atoms with Crippen molar-refractivity contribution in [2.45, 2.75) is 12.8 Å². The van der Waals surface area contributed by atoms with Gasteiger partial charge in [0, 0.05) is 13.0 Å². The molecule has 13 heavy (non-hydrogen) atoms. The molecule has 0 saturated carbocycles. The zero-order chi connectivity index (χ0) is 9.52. The van der Waals surface area contributed by atoms with E-state index in [-0.39, 0.29) is 0 Å². The molecule has 1 aromatic heterocycles. The Labute approximate surface area is 77.6 Å². The number of rotatable bonds is 4. The Morgan fingerprint density at radius 1 is 1.46 bits per heavy atom. The lowest BCUT2D eigenvalue weighted by molar-refractivity contribution is 0.899. The van der Waals surface area contributed by atoms with Crippen molar-refractivity contribution in [3.63, 3.8) is 0 Å². The van der Waals surface area contributed by atoms with Crippen LogP contribution in [0.5, 0.6) is 0 Å². The van der Waals surface area contributed by atoms with Crippen molar-refractivity contribution in [2.75, 3.05) is 17.6 Å². The van der Waals surface area contributed by atoms with Crippen molar-refractivity contribution in [1.82, 2.24) is 9.97 Å². The molecule has 0 radical (unpaired) electrons. The maximum Gasteiger partial charge on any atom is 0.144 e. The number of aromatic nitrogens is 2. The highest BCUT2D eigenvalue weighted by atomic mass is 15.0. The molecule has 3 N–H and O–H groups in total. The summed E-state index contributed by atoms with van der Waals surface area (Å²) in [5, 5.41) is 3.08. The van der Waals surface area contributed by atoms with Crippen LogP contribution < -0.4 is 11.1 Å². The van der Waals surface area contributed by atoms with E-state index in [1.807, 2.05) is 0 Å². The minimum Gasteiger partial charge on any atom is -0.382 e. The van der Waals surface area contributed by atoms with E-state index in [4.69, 9.17) is 12.2 Å². The highest BCUT2D eigenvalue weighted by Crippen LogP contribution is 2.01. The highest BCUT2D eigenvalue weighted by molar-refractivity contribution is 5.35. The van der Waals surface area contributed by atoms with Gasteiger partial charge in [0.15, 0.2) is 0 Å². The number of hydrogen-bond acceptors (Lipinski definition) is 4. The van der Waals surface area contributed by atoms with Crippen LogP contribution in [0.15, 0.2) is 12.4 Å². The van der Waals surface area contributed by atoms with Crippen LogP contribution in [0, 0.1) is 12.3 Å². The van der Waals surface area contributed by atoms with E-state index < -0.39 is 0 Å². The van der Waals surface area contributed by atoms with Crippen LogP contribution in [0.4, 0.5) is 11.6 Å². The van der Waals surface area contributed by atoms with Gasteiger partial charge in [-0.2, -0.15) is 0 Å². The maximum absolute atomic E-state index is 5.38. The van der Waals surface area contributed by atoms with Crippen LogP contribution in [0.25, 0.3) is 0 Å². The van der Waals surface area contributed by atoms with Gasteiger partial charge in [-0.25, -0.2) is 9.97 Å². The monoisotopic (exact) mass is 176 g/mol. The predicted molar refractivity (Wildman–Crippen MR) is 53.0 cm³/mol. The van der Waals surface area contributed by atoms with Crippen molar-refractivity contribution in [3.05, 3.63) is 12.4 Å². The number of nitrogen functional groups attached to an aromatic ring is 1. The van der Waals surface area contributed by atoms with Crippen LogP contribution in [0.3, 0.4) is 0 Å². The van der Waals surface area contributed by atoms with Crippen molar-refractivity contribution >= 4 is 11.6 Å². The molecule has 4 heteroatoms. The molecule has 0 amide bonds. The van der Waals surface area contributed by atoms with Gasteiger partial charge in [0.05, 0.1) is 12.4 Å². The third-order valence-corrected chi connectivity index (χ3v) is 1.48. The first kappa shape index (κ1) is 9.33. The normalized spacial score (nSPS) is 9.15. The highest BCUT2D eigenvalue weighted by Gasteiger charge is 1.92. The van der Waals surface area contributed by atoms with E-state index >= 15 is 0 Å². The Bertz CT molecular complexity index is 285. The number of anilines is 2. The Balaban J connectivity index is 2.30. The fraction of sp³-hybridized carbons (Fsp3) is 0.333. The third kappa shape index (κ3) is 3.43. The van der Waals surface area contributed by atoms with E-state index in [1.54, 1.807) is 6.20 Å². The fourth-order valence-electron chi connectivity index (χ4n) is 0.836. The molecule has 0 saturated heterocycles. The number of nitrogens with one attached hydrogen (secondary N) is 1.